The van der Waals surface area contributed by atoms with E-state index in [2.05, 4.69) is 21.3 Å². The van der Waals surface area contributed by atoms with Crippen molar-refractivity contribution < 1.29 is 0 Å². The van der Waals surface area contributed by atoms with Gasteiger partial charge in [-0.3, -0.25) is 4.99 Å². The maximum absolute atomic E-state index is 6.02. The van der Waals surface area contributed by atoms with Crippen molar-refractivity contribution in [2.45, 2.75) is 13.0 Å². The van der Waals surface area contributed by atoms with Gasteiger partial charge in [-0.15, -0.1) is 0 Å². The minimum Gasteiger partial charge on any atom is -0.398 e. The molecule has 0 atom stereocenters. The van der Waals surface area contributed by atoms with Gasteiger partial charge in [0, 0.05) is 25.3 Å². The smallest absolute Gasteiger partial charge is 0.194 e. The van der Waals surface area contributed by atoms with Gasteiger partial charge in [0.2, 0.25) is 0 Å². The minimum absolute atomic E-state index is 0.883. The monoisotopic (exact) mass is 216 g/mol. The molecule has 2 aliphatic heterocycles. The van der Waals surface area contributed by atoms with Crippen LogP contribution in [0.4, 0.5) is 5.69 Å². The van der Waals surface area contributed by atoms with Crippen LogP contribution in [0.15, 0.2) is 23.2 Å². The molecule has 0 saturated carbocycles. The normalized spacial score (nSPS) is 19.0. The van der Waals surface area contributed by atoms with Crippen LogP contribution in [0, 0.1) is 0 Å². The SMILES string of the molecule is Nc1cccc2c1CN(C1=NCCN1)CC2. The number of hydrogen-bond donors (Lipinski definition) is 2. The van der Waals surface area contributed by atoms with Crippen LogP contribution in [0.2, 0.25) is 0 Å². The maximum atomic E-state index is 6.02. The average molecular weight is 216 g/mol. The number of nitrogens with one attached hydrogen (secondary N) is 1. The molecule has 0 aliphatic carbocycles. The Balaban J connectivity index is 1.88. The number of nitrogens with zero attached hydrogens (tertiary/aromatic N) is 2. The fourth-order valence-corrected chi connectivity index (χ4v) is 2.38. The van der Waals surface area contributed by atoms with Crippen LogP contribution in [-0.4, -0.2) is 30.5 Å². The molecule has 3 N–H and O–H groups in total. The Hall–Kier alpha value is -1.71. The molecule has 84 valence electrons. The summed E-state index contributed by atoms with van der Waals surface area (Å²) in [5, 5.41) is 3.31. The van der Waals surface area contributed by atoms with E-state index in [0.717, 1.165) is 44.2 Å². The minimum atomic E-state index is 0.883. The number of fused-ring (bicyclic) bond motifs is 1. The van der Waals surface area contributed by atoms with E-state index in [1.54, 1.807) is 0 Å². The molecule has 0 saturated heterocycles. The molecular weight excluding hydrogens is 200 g/mol. The third kappa shape index (κ3) is 1.50. The summed E-state index contributed by atoms with van der Waals surface area (Å²) in [4.78, 5) is 6.74. The summed E-state index contributed by atoms with van der Waals surface area (Å²) in [6, 6.07) is 6.19. The van der Waals surface area contributed by atoms with E-state index in [1.807, 2.05) is 12.1 Å². The van der Waals surface area contributed by atoms with Crippen LogP contribution in [0.3, 0.4) is 0 Å². The zero-order valence-corrected chi connectivity index (χ0v) is 9.24. The lowest BCUT2D eigenvalue weighted by atomic mass is 9.98. The molecule has 0 radical (unpaired) electrons. The first-order chi connectivity index (χ1) is 7.84. The molecule has 0 spiro atoms. The Labute approximate surface area is 95.2 Å². The molecule has 0 unspecified atom stereocenters. The lowest BCUT2D eigenvalue weighted by molar-refractivity contribution is 0.385. The molecule has 0 aromatic heterocycles. The Morgan fingerprint density at radius 3 is 3.12 bits per heavy atom. The average Bonchev–Trinajstić information content (AvgIpc) is 2.83. The van der Waals surface area contributed by atoms with Crippen LogP contribution >= 0.6 is 0 Å². The highest BCUT2D eigenvalue weighted by atomic mass is 15.3. The predicted molar refractivity (Wildman–Crippen MR) is 65.3 cm³/mol. The third-order valence-electron chi connectivity index (χ3n) is 3.27. The summed E-state index contributed by atoms with van der Waals surface area (Å²) in [6.07, 6.45) is 1.06. The number of benzene rings is 1. The van der Waals surface area contributed by atoms with Crippen LogP contribution in [0.25, 0.3) is 0 Å². The van der Waals surface area contributed by atoms with Gasteiger partial charge < -0.3 is 16.0 Å². The van der Waals surface area contributed by atoms with Crippen LogP contribution in [0.1, 0.15) is 11.1 Å². The molecule has 4 heteroatoms. The number of guanidine groups is 1. The van der Waals surface area contributed by atoms with Crippen LogP contribution in [0.5, 0.6) is 0 Å². The number of nitrogen functional groups attached to an aromatic ring is 1. The van der Waals surface area contributed by atoms with E-state index in [0.29, 0.717) is 0 Å². The third-order valence-corrected chi connectivity index (χ3v) is 3.27. The molecule has 0 amide bonds. The summed E-state index contributed by atoms with van der Waals surface area (Å²) in [5.41, 5.74) is 9.57. The first-order valence-electron chi connectivity index (χ1n) is 5.74. The van der Waals surface area contributed by atoms with E-state index < -0.39 is 0 Å². The summed E-state index contributed by atoms with van der Waals surface area (Å²) in [7, 11) is 0. The number of nitrogens with two attached hydrogens (primary N) is 1. The highest BCUT2D eigenvalue weighted by Crippen LogP contribution is 2.24. The zero-order chi connectivity index (χ0) is 11.0. The number of rotatable bonds is 0. The lowest BCUT2D eigenvalue weighted by Gasteiger charge is -2.31. The largest absolute Gasteiger partial charge is 0.398 e. The highest BCUT2D eigenvalue weighted by Gasteiger charge is 2.21. The Morgan fingerprint density at radius 2 is 2.31 bits per heavy atom. The van der Waals surface area contributed by atoms with Gasteiger partial charge in [0.25, 0.3) is 0 Å². The molecule has 2 aliphatic rings. The van der Waals surface area contributed by atoms with E-state index in [9.17, 15) is 0 Å². The van der Waals surface area contributed by atoms with Gasteiger partial charge in [0.15, 0.2) is 5.96 Å². The fourth-order valence-electron chi connectivity index (χ4n) is 2.38. The van der Waals surface area contributed by atoms with Gasteiger partial charge in [0.05, 0.1) is 6.54 Å². The van der Waals surface area contributed by atoms with Crippen molar-refractivity contribution in [3.05, 3.63) is 29.3 Å². The van der Waals surface area contributed by atoms with Crippen molar-refractivity contribution in [2.75, 3.05) is 25.4 Å². The van der Waals surface area contributed by atoms with E-state index in [4.69, 9.17) is 5.73 Å². The molecule has 3 rings (SSSR count). The molecule has 0 bridgehead atoms. The van der Waals surface area contributed by atoms with Crippen molar-refractivity contribution in [1.82, 2.24) is 10.2 Å². The quantitative estimate of drug-likeness (QED) is 0.624. The Bertz CT molecular complexity index is 439. The highest BCUT2D eigenvalue weighted by molar-refractivity contribution is 5.82. The van der Waals surface area contributed by atoms with Gasteiger partial charge in [-0.1, -0.05) is 12.1 Å². The molecule has 1 aromatic carbocycles. The first-order valence-corrected chi connectivity index (χ1v) is 5.74. The maximum Gasteiger partial charge on any atom is 0.194 e. The summed E-state index contributed by atoms with van der Waals surface area (Å²) < 4.78 is 0. The Kier molecular flexibility index (Phi) is 2.20. The topological polar surface area (TPSA) is 53.6 Å². The summed E-state index contributed by atoms with van der Waals surface area (Å²) in [5.74, 6) is 1.04. The molecular formula is C12H16N4. The van der Waals surface area contributed by atoms with Crippen molar-refractivity contribution in [1.29, 1.82) is 0 Å². The van der Waals surface area contributed by atoms with Crippen molar-refractivity contribution in [3.63, 3.8) is 0 Å². The second kappa shape index (κ2) is 3.70. The molecule has 2 heterocycles. The van der Waals surface area contributed by atoms with E-state index in [1.165, 1.54) is 11.1 Å². The molecule has 0 fully saturated rings. The molecule has 16 heavy (non-hydrogen) atoms. The van der Waals surface area contributed by atoms with E-state index >= 15 is 0 Å². The first kappa shape index (κ1) is 9.51. The summed E-state index contributed by atoms with van der Waals surface area (Å²) in [6.45, 7) is 3.77. The second-order valence-corrected chi connectivity index (χ2v) is 4.29. The van der Waals surface area contributed by atoms with Crippen LogP contribution < -0.4 is 11.1 Å². The fraction of sp³-hybridized carbons (Fsp3) is 0.417. The number of hydrogen-bond acceptors (Lipinski definition) is 4. The summed E-state index contributed by atoms with van der Waals surface area (Å²) >= 11 is 0. The van der Waals surface area contributed by atoms with Crippen molar-refractivity contribution in [2.24, 2.45) is 4.99 Å². The van der Waals surface area contributed by atoms with Gasteiger partial charge in [0.1, 0.15) is 0 Å². The number of aliphatic imine (C=N–C) groups is 1. The second-order valence-electron chi connectivity index (χ2n) is 4.29. The van der Waals surface area contributed by atoms with Gasteiger partial charge in [-0.2, -0.15) is 0 Å². The number of anilines is 1. The predicted octanol–water partition coefficient (Wildman–Crippen LogP) is 0.586. The Morgan fingerprint density at radius 1 is 1.38 bits per heavy atom. The van der Waals surface area contributed by atoms with Gasteiger partial charge >= 0.3 is 0 Å². The zero-order valence-electron chi connectivity index (χ0n) is 9.24. The van der Waals surface area contributed by atoms with Crippen LogP contribution in [-0.2, 0) is 13.0 Å². The lowest BCUT2D eigenvalue weighted by Crippen LogP contribution is -2.42. The standard InChI is InChI=1S/C12H16N4/c13-11-3-1-2-9-4-7-16(8-10(9)11)12-14-5-6-15-12/h1-3H,4-8,13H2,(H,14,15). The van der Waals surface area contributed by atoms with E-state index in [-0.39, 0.29) is 0 Å². The molecule has 1 aromatic rings. The van der Waals surface area contributed by atoms with Gasteiger partial charge in [-0.25, -0.2) is 0 Å². The van der Waals surface area contributed by atoms with Gasteiger partial charge in [-0.05, 0) is 23.6 Å². The van der Waals surface area contributed by atoms with Crippen molar-refractivity contribution in [3.8, 4) is 0 Å². The molecule has 4 nitrogen and oxygen atoms in total. The van der Waals surface area contributed by atoms with Crippen molar-refractivity contribution >= 4 is 11.6 Å².